The molecule has 1 aromatic carbocycles. The highest BCUT2D eigenvalue weighted by Crippen LogP contribution is 2.38. The van der Waals surface area contributed by atoms with Crippen molar-refractivity contribution in [3.8, 4) is 0 Å². The Kier molecular flexibility index (Phi) is 5.89. The molecule has 0 spiro atoms. The maximum atomic E-state index is 13.2. The average Bonchev–Trinajstić information content (AvgIpc) is 3.16. The second kappa shape index (κ2) is 8.26. The molecule has 1 aliphatic carbocycles. The monoisotopic (exact) mass is 410 g/mol. The number of benzene rings is 1. The van der Waals surface area contributed by atoms with E-state index in [1.54, 1.807) is 11.0 Å². The van der Waals surface area contributed by atoms with Crippen LogP contribution in [0.15, 0.2) is 18.2 Å². The Morgan fingerprint density at radius 1 is 1.14 bits per heavy atom. The molecule has 7 heteroatoms. The van der Waals surface area contributed by atoms with Crippen molar-refractivity contribution in [3.05, 3.63) is 34.9 Å². The van der Waals surface area contributed by atoms with Crippen molar-refractivity contribution in [3.63, 3.8) is 0 Å². The van der Waals surface area contributed by atoms with E-state index in [1.807, 2.05) is 6.92 Å². The first-order chi connectivity index (χ1) is 13.8. The molecule has 1 N–H and O–H groups in total. The Morgan fingerprint density at radius 3 is 2.62 bits per heavy atom. The lowest BCUT2D eigenvalue weighted by Gasteiger charge is -2.37. The molecule has 1 saturated carbocycles. The molecule has 1 aromatic rings. The van der Waals surface area contributed by atoms with Gasteiger partial charge in [-0.25, -0.2) is 0 Å². The van der Waals surface area contributed by atoms with E-state index in [1.165, 1.54) is 6.07 Å². The molecule has 0 aromatic heterocycles. The number of halogens is 3. The summed E-state index contributed by atoms with van der Waals surface area (Å²) in [6.07, 6.45) is 0.904. The van der Waals surface area contributed by atoms with Gasteiger partial charge in [0.1, 0.15) is 0 Å². The molecule has 3 unspecified atom stereocenters. The Bertz CT molecular complexity index is 746. The quantitative estimate of drug-likeness (QED) is 0.816. The summed E-state index contributed by atoms with van der Waals surface area (Å²) in [5, 5.41) is 3.68. The minimum Gasteiger partial charge on any atom is -0.381 e. The number of nitrogens with one attached hydrogen (secondary N) is 1. The third kappa shape index (κ3) is 4.45. The molecule has 2 aliphatic heterocycles. The lowest BCUT2D eigenvalue weighted by atomic mass is 9.90. The third-order valence-corrected chi connectivity index (χ3v) is 6.77. The fourth-order valence-electron chi connectivity index (χ4n) is 5.08. The number of carbonyl (C=O) groups is 1. The molecule has 1 amide bonds. The van der Waals surface area contributed by atoms with Gasteiger partial charge in [-0.2, -0.15) is 13.2 Å². The summed E-state index contributed by atoms with van der Waals surface area (Å²) < 4.78 is 44.8. The Morgan fingerprint density at radius 2 is 1.90 bits per heavy atom. The normalized spacial score (nSPS) is 28.4. The summed E-state index contributed by atoms with van der Waals surface area (Å²) in [5.74, 6) is 0.0546. The molecule has 2 fully saturated rings. The topological polar surface area (TPSA) is 41.6 Å². The van der Waals surface area contributed by atoms with Gasteiger partial charge in [0.25, 0.3) is 0 Å². The zero-order valence-electron chi connectivity index (χ0n) is 16.8. The maximum absolute atomic E-state index is 13.2. The second-order valence-electron chi connectivity index (χ2n) is 8.63. The van der Waals surface area contributed by atoms with Gasteiger partial charge in [-0.15, -0.1) is 0 Å². The maximum Gasteiger partial charge on any atom is 0.416 e. The van der Waals surface area contributed by atoms with Crippen LogP contribution in [-0.2, 0) is 22.1 Å². The van der Waals surface area contributed by atoms with Crippen molar-refractivity contribution in [1.82, 2.24) is 10.2 Å². The zero-order valence-corrected chi connectivity index (χ0v) is 16.8. The average molecular weight is 410 g/mol. The largest absolute Gasteiger partial charge is 0.416 e. The fourth-order valence-corrected chi connectivity index (χ4v) is 5.08. The van der Waals surface area contributed by atoms with Crippen molar-refractivity contribution >= 4 is 5.91 Å². The predicted octanol–water partition coefficient (Wildman–Crippen LogP) is 4.09. The number of rotatable bonds is 3. The summed E-state index contributed by atoms with van der Waals surface area (Å²) in [5.41, 5.74) is 0.910. The number of alkyl halides is 3. The SMILES string of the molecule is CC1c2cc(C(F)(F)F)ccc2CCN1C(=O)C1CCC(NC2CCOCC2)C1. The van der Waals surface area contributed by atoms with Gasteiger partial charge in [0, 0.05) is 37.8 Å². The summed E-state index contributed by atoms with van der Waals surface area (Å²) in [7, 11) is 0. The molecule has 3 atom stereocenters. The van der Waals surface area contributed by atoms with Crippen LogP contribution in [0.1, 0.15) is 61.8 Å². The van der Waals surface area contributed by atoms with Gasteiger partial charge in [-0.3, -0.25) is 4.79 Å². The van der Waals surface area contributed by atoms with Crippen LogP contribution in [0, 0.1) is 5.92 Å². The number of nitrogens with zero attached hydrogens (tertiary/aromatic N) is 1. The van der Waals surface area contributed by atoms with Gasteiger partial charge in [0.05, 0.1) is 11.6 Å². The smallest absolute Gasteiger partial charge is 0.381 e. The number of fused-ring (bicyclic) bond motifs is 1. The molecule has 2 heterocycles. The van der Waals surface area contributed by atoms with Gasteiger partial charge in [-0.1, -0.05) is 6.07 Å². The summed E-state index contributed by atoms with van der Waals surface area (Å²) in [4.78, 5) is 15.0. The zero-order chi connectivity index (χ0) is 20.6. The minimum absolute atomic E-state index is 0.0397. The number of carbonyl (C=O) groups excluding carboxylic acids is 1. The first-order valence-electron chi connectivity index (χ1n) is 10.7. The molecular weight excluding hydrogens is 381 g/mol. The summed E-state index contributed by atoms with van der Waals surface area (Å²) in [6, 6.07) is 4.42. The van der Waals surface area contributed by atoms with Gasteiger partial charge in [-0.05, 0) is 68.7 Å². The Hall–Kier alpha value is -1.60. The number of hydrogen-bond acceptors (Lipinski definition) is 3. The standard InChI is InChI=1S/C22H29F3N2O2/c1-14-20-13-17(22(23,24)25)4-2-15(20)6-9-27(14)21(28)16-3-5-19(12-16)26-18-7-10-29-11-8-18/h2,4,13-14,16,18-19,26H,3,5-12H2,1H3. The summed E-state index contributed by atoms with van der Waals surface area (Å²) in [6.45, 7) is 4.00. The predicted molar refractivity (Wildman–Crippen MR) is 103 cm³/mol. The Balaban J connectivity index is 1.41. The van der Waals surface area contributed by atoms with Crippen LogP contribution in [0.25, 0.3) is 0 Å². The van der Waals surface area contributed by atoms with Gasteiger partial charge in [0.2, 0.25) is 5.91 Å². The van der Waals surface area contributed by atoms with E-state index in [-0.39, 0.29) is 17.9 Å². The number of amides is 1. The van der Waals surface area contributed by atoms with Crippen molar-refractivity contribution in [1.29, 1.82) is 0 Å². The molecular formula is C22H29F3N2O2. The van der Waals surface area contributed by atoms with Crippen LogP contribution >= 0.6 is 0 Å². The molecule has 0 bridgehead atoms. The van der Waals surface area contributed by atoms with E-state index in [2.05, 4.69) is 5.32 Å². The van der Waals surface area contributed by atoms with E-state index < -0.39 is 11.7 Å². The van der Waals surface area contributed by atoms with Crippen molar-refractivity contribution in [2.45, 2.75) is 69.8 Å². The molecule has 1 saturated heterocycles. The number of hydrogen-bond donors (Lipinski definition) is 1. The van der Waals surface area contributed by atoms with Crippen LogP contribution in [0.4, 0.5) is 13.2 Å². The highest BCUT2D eigenvalue weighted by molar-refractivity contribution is 5.80. The summed E-state index contributed by atoms with van der Waals surface area (Å²) >= 11 is 0. The van der Waals surface area contributed by atoms with Crippen molar-refractivity contribution in [2.24, 2.45) is 5.92 Å². The van der Waals surface area contributed by atoms with Crippen molar-refractivity contribution in [2.75, 3.05) is 19.8 Å². The lowest BCUT2D eigenvalue weighted by molar-refractivity contribution is -0.138. The minimum atomic E-state index is -4.37. The molecule has 29 heavy (non-hydrogen) atoms. The van der Waals surface area contributed by atoms with Crippen LogP contribution < -0.4 is 5.32 Å². The molecule has 4 nitrogen and oxygen atoms in total. The van der Waals surface area contributed by atoms with Crippen LogP contribution in [-0.4, -0.2) is 42.6 Å². The van der Waals surface area contributed by atoms with Crippen molar-refractivity contribution < 1.29 is 22.7 Å². The van der Waals surface area contributed by atoms with E-state index in [9.17, 15) is 18.0 Å². The molecule has 160 valence electrons. The lowest BCUT2D eigenvalue weighted by Crippen LogP contribution is -2.43. The Labute approximate surface area is 169 Å². The first kappa shape index (κ1) is 20.7. The van der Waals surface area contributed by atoms with E-state index in [0.717, 1.165) is 56.9 Å². The third-order valence-electron chi connectivity index (χ3n) is 6.77. The van der Waals surface area contributed by atoms with Gasteiger partial charge >= 0.3 is 6.18 Å². The molecule has 0 radical (unpaired) electrons. The fraction of sp³-hybridized carbons (Fsp3) is 0.682. The highest BCUT2D eigenvalue weighted by Gasteiger charge is 2.38. The van der Waals surface area contributed by atoms with Gasteiger partial charge in [0.15, 0.2) is 0 Å². The van der Waals surface area contributed by atoms with E-state index in [0.29, 0.717) is 30.6 Å². The van der Waals surface area contributed by atoms with Crippen LogP contribution in [0.3, 0.4) is 0 Å². The van der Waals surface area contributed by atoms with Crippen LogP contribution in [0.5, 0.6) is 0 Å². The van der Waals surface area contributed by atoms with E-state index >= 15 is 0 Å². The van der Waals surface area contributed by atoms with E-state index in [4.69, 9.17) is 4.74 Å². The molecule has 4 rings (SSSR count). The molecule has 3 aliphatic rings. The van der Waals surface area contributed by atoms with Gasteiger partial charge < -0.3 is 15.0 Å². The second-order valence-corrected chi connectivity index (χ2v) is 8.63. The highest BCUT2D eigenvalue weighted by atomic mass is 19.4. The van der Waals surface area contributed by atoms with Crippen LogP contribution in [0.2, 0.25) is 0 Å². The number of ether oxygens (including phenoxy) is 1. The first-order valence-corrected chi connectivity index (χ1v) is 10.7.